The summed E-state index contributed by atoms with van der Waals surface area (Å²) in [5, 5.41) is 19.1. The number of phenolic OH excluding ortho intramolecular Hbond substituents is 1. The lowest BCUT2D eigenvalue weighted by Crippen LogP contribution is -2.52. The second kappa shape index (κ2) is 7.11. The molecule has 8 heteroatoms. The number of fused-ring (bicyclic) bond motifs is 2. The normalized spacial score (nSPS) is 24.2. The first kappa shape index (κ1) is 19.6. The van der Waals surface area contributed by atoms with Crippen LogP contribution >= 0.6 is 0 Å². The van der Waals surface area contributed by atoms with E-state index in [1.54, 1.807) is 6.92 Å². The molecule has 0 saturated carbocycles. The summed E-state index contributed by atoms with van der Waals surface area (Å²) in [7, 11) is 0. The number of halogens is 3. The molecule has 1 N–H and O–H groups in total. The lowest BCUT2D eigenvalue weighted by Gasteiger charge is -2.42. The Morgan fingerprint density at radius 3 is 2.43 bits per heavy atom. The molecule has 0 amide bonds. The van der Waals surface area contributed by atoms with Gasteiger partial charge in [-0.3, -0.25) is 4.90 Å². The maximum atomic E-state index is 13.0. The predicted octanol–water partition coefficient (Wildman–Crippen LogP) is 4.17. The van der Waals surface area contributed by atoms with Crippen molar-refractivity contribution in [1.82, 2.24) is 15.1 Å². The summed E-state index contributed by atoms with van der Waals surface area (Å²) >= 11 is 0. The van der Waals surface area contributed by atoms with Crippen molar-refractivity contribution in [3.63, 3.8) is 0 Å². The molecule has 2 saturated heterocycles. The number of nitrogens with zero attached hydrogens (tertiary/aromatic N) is 4. The van der Waals surface area contributed by atoms with Gasteiger partial charge in [0.15, 0.2) is 5.82 Å². The third-order valence-corrected chi connectivity index (χ3v) is 6.85. The van der Waals surface area contributed by atoms with E-state index in [1.165, 1.54) is 32.4 Å². The molecule has 30 heavy (non-hydrogen) atoms. The zero-order valence-corrected chi connectivity index (χ0v) is 16.9. The summed E-state index contributed by atoms with van der Waals surface area (Å²) in [5.74, 6) is 0.474. The quantitative estimate of drug-likeness (QED) is 0.794. The molecule has 0 unspecified atom stereocenters. The molecule has 2 fully saturated rings. The van der Waals surface area contributed by atoms with Gasteiger partial charge in [0, 0.05) is 29.8 Å². The van der Waals surface area contributed by atoms with Gasteiger partial charge < -0.3 is 10.0 Å². The van der Waals surface area contributed by atoms with Crippen LogP contribution in [0.2, 0.25) is 0 Å². The highest BCUT2D eigenvalue weighted by Crippen LogP contribution is 2.41. The molecule has 0 bridgehead atoms. The highest BCUT2D eigenvalue weighted by molar-refractivity contribution is 5.73. The lowest BCUT2D eigenvalue weighted by atomic mass is 9.95. The monoisotopic (exact) mass is 418 g/mol. The smallest absolute Gasteiger partial charge is 0.416 e. The topological polar surface area (TPSA) is 52.5 Å². The van der Waals surface area contributed by atoms with Crippen molar-refractivity contribution in [1.29, 1.82) is 0 Å². The minimum Gasteiger partial charge on any atom is -0.507 e. The van der Waals surface area contributed by atoms with Crippen molar-refractivity contribution in [3.8, 4) is 17.0 Å². The molecular formula is C22H25F3N4O. The van der Waals surface area contributed by atoms with Gasteiger partial charge in [-0.05, 0) is 75.9 Å². The molecule has 3 aliphatic heterocycles. The Balaban J connectivity index is 1.46. The summed E-state index contributed by atoms with van der Waals surface area (Å²) in [6.45, 7) is 4.81. The van der Waals surface area contributed by atoms with Gasteiger partial charge in [0.25, 0.3) is 0 Å². The van der Waals surface area contributed by atoms with Crippen molar-refractivity contribution in [2.75, 3.05) is 24.5 Å². The first-order valence-electron chi connectivity index (χ1n) is 10.6. The SMILES string of the molecule is Cc1cc(C(F)(F)F)cc(O)c1-c1cc2c(nn1)N([C@H]1CCCN3CCC[C@@H]13)CC2. The summed E-state index contributed by atoms with van der Waals surface area (Å²) in [6.07, 6.45) is 1.15. The largest absolute Gasteiger partial charge is 0.507 e. The van der Waals surface area contributed by atoms with Crippen LogP contribution in [0.5, 0.6) is 5.75 Å². The Morgan fingerprint density at radius 1 is 1.00 bits per heavy atom. The molecule has 4 heterocycles. The summed E-state index contributed by atoms with van der Waals surface area (Å²) in [6, 6.07) is 4.72. The molecule has 1 aromatic carbocycles. The van der Waals surface area contributed by atoms with Gasteiger partial charge in [-0.1, -0.05) is 0 Å². The molecule has 0 spiro atoms. The highest BCUT2D eigenvalue weighted by Gasteiger charge is 2.40. The standard InChI is InChI=1S/C22H25F3N4O/c1-13-10-15(22(23,24)25)12-19(30)20(13)16-11-14-6-9-29(21(14)27-26-16)18-5-3-8-28-7-2-4-17(18)28/h10-12,17-18,30H,2-9H2,1H3/t17-,18-/m0/s1. The fourth-order valence-corrected chi connectivity index (χ4v) is 5.53. The van der Waals surface area contributed by atoms with Gasteiger partial charge in [0.05, 0.1) is 11.3 Å². The molecule has 160 valence electrons. The van der Waals surface area contributed by atoms with E-state index in [0.717, 1.165) is 42.9 Å². The second-order valence-corrected chi connectivity index (χ2v) is 8.66. The third-order valence-electron chi connectivity index (χ3n) is 6.85. The Kier molecular flexibility index (Phi) is 4.65. The number of aromatic nitrogens is 2. The molecule has 0 aliphatic carbocycles. The van der Waals surface area contributed by atoms with Crippen LogP contribution in [0.15, 0.2) is 18.2 Å². The minimum atomic E-state index is -4.50. The van der Waals surface area contributed by atoms with E-state index in [-0.39, 0.29) is 0 Å². The molecule has 3 aliphatic rings. The Morgan fingerprint density at radius 2 is 1.73 bits per heavy atom. The summed E-state index contributed by atoms with van der Waals surface area (Å²) < 4.78 is 39.1. The van der Waals surface area contributed by atoms with E-state index in [2.05, 4.69) is 20.0 Å². The molecule has 2 atom stereocenters. The first-order chi connectivity index (χ1) is 14.3. The van der Waals surface area contributed by atoms with E-state index < -0.39 is 17.5 Å². The number of rotatable bonds is 2. The van der Waals surface area contributed by atoms with E-state index in [9.17, 15) is 18.3 Å². The maximum absolute atomic E-state index is 13.0. The zero-order chi connectivity index (χ0) is 21.0. The van der Waals surface area contributed by atoms with Crippen LogP contribution in [-0.4, -0.2) is 51.9 Å². The average molecular weight is 418 g/mol. The average Bonchev–Trinajstić information content (AvgIpc) is 3.33. The Hall–Kier alpha value is -2.35. The van der Waals surface area contributed by atoms with Gasteiger partial charge in [-0.25, -0.2) is 0 Å². The summed E-state index contributed by atoms with van der Waals surface area (Å²) in [5.41, 5.74) is 1.26. The van der Waals surface area contributed by atoms with Crippen LogP contribution in [-0.2, 0) is 12.6 Å². The van der Waals surface area contributed by atoms with Crippen molar-refractivity contribution in [2.24, 2.45) is 0 Å². The first-order valence-corrected chi connectivity index (χ1v) is 10.6. The lowest BCUT2D eigenvalue weighted by molar-refractivity contribution is -0.137. The predicted molar refractivity (Wildman–Crippen MR) is 108 cm³/mol. The number of aromatic hydroxyl groups is 1. The Labute approximate surface area is 173 Å². The fourth-order valence-electron chi connectivity index (χ4n) is 5.53. The van der Waals surface area contributed by atoms with Crippen LogP contribution in [0, 0.1) is 6.92 Å². The maximum Gasteiger partial charge on any atom is 0.416 e. The molecule has 5 rings (SSSR count). The highest BCUT2D eigenvalue weighted by atomic mass is 19.4. The van der Waals surface area contributed by atoms with Crippen molar-refractivity contribution < 1.29 is 18.3 Å². The minimum absolute atomic E-state index is 0.316. The number of phenols is 1. The van der Waals surface area contributed by atoms with Gasteiger partial charge >= 0.3 is 6.18 Å². The van der Waals surface area contributed by atoms with Crippen molar-refractivity contribution in [2.45, 2.75) is 57.3 Å². The van der Waals surface area contributed by atoms with Gasteiger partial charge in [0.1, 0.15) is 5.75 Å². The van der Waals surface area contributed by atoms with Crippen LogP contribution in [0.25, 0.3) is 11.3 Å². The van der Waals surface area contributed by atoms with E-state index in [4.69, 9.17) is 0 Å². The Bertz CT molecular complexity index is 954. The van der Waals surface area contributed by atoms with Crippen molar-refractivity contribution >= 4 is 5.82 Å². The van der Waals surface area contributed by atoms with Gasteiger partial charge in [0.2, 0.25) is 0 Å². The number of benzene rings is 1. The number of anilines is 1. The van der Waals surface area contributed by atoms with E-state index in [0.29, 0.717) is 28.9 Å². The van der Waals surface area contributed by atoms with Crippen LogP contribution in [0.4, 0.5) is 19.0 Å². The molecule has 1 aromatic heterocycles. The van der Waals surface area contributed by atoms with E-state index >= 15 is 0 Å². The van der Waals surface area contributed by atoms with Crippen molar-refractivity contribution in [3.05, 3.63) is 34.9 Å². The van der Waals surface area contributed by atoms with Gasteiger partial charge in [-0.2, -0.15) is 13.2 Å². The summed E-state index contributed by atoms with van der Waals surface area (Å²) in [4.78, 5) is 4.98. The van der Waals surface area contributed by atoms with Crippen LogP contribution < -0.4 is 4.90 Å². The number of hydrogen-bond donors (Lipinski definition) is 1. The zero-order valence-electron chi connectivity index (χ0n) is 16.9. The molecular weight excluding hydrogens is 393 g/mol. The molecule has 5 nitrogen and oxygen atoms in total. The molecule has 2 aromatic rings. The number of aryl methyl sites for hydroxylation is 1. The van der Waals surface area contributed by atoms with Crippen LogP contribution in [0.3, 0.4) is 0 Å². The molecule has 0 radical (unpaired) electrons. The van der Waals surface area contributed by atoms with Gasteiger partial charge in [-0.15, -0.1) is 10.2 Å². The van der Waals surface area contributed by atoms with Crippen LogP contribution in [0.1, 0.15) is 42.4 Å². The number of piperidine rings is 1. The number of alkyl halides is 3. The van der Waals surface area contributed by atoms with E-state index in [1.807, 2.05) is 6.07 Å². The fraction of sp³-hybridized carbons (Fsp3) is 0.545. The third kappa shape index (κ3) is 3.21. The second-order valence-electron chi connectivity index (χ2n) is 8.66. The number of hydrogen-bond acceptors (Lipinski definition) is 5.